The van der Waals surface area contributed by atoms with Gasteiger partial charge in [-0.2, -0.15) is 10.4 Å². The van der Waals surface area contributed by atoms with Crippen molar-refractivity contribution < 1.29 is 4.92 Å². The zero-order valence-electron chi connectivity index (χ0n) is 9.79. The lowest BCUT2D eigenvalue weighted by Gasteiger charge is -2.05. The van der Waals surface area contributed by atoms with Gasteiger partial charge in [0.05, 0.1) is 4.92 Å². The van der Waals surface area contributed by atoms with Gasteiger partial charge in [0.25, 0.3) is 5.69 Å². The zero-order valence-corrected chi connectivity index (χ0v) is 11.4. The fraction of sp³-hybridized carbons (Fsp3) is 0.0909. The molecule has 7 nitrogen and oxygen atoms in total. The second-order valence-corrected chi connectivity index (χ2v) is 4.64. The van der Waals surface area contributed by atoms with Crippen LogP contribution in [0.25, 0.3) is 0 Å². The van der Waals surface area contributed by atoms with Crippen molar-refractivity contribution in [2.75, 3.05) is 5.32 Å². The summed E-state index contributed by atoms with van der Waals surface area (Å²) >= 11 is 3.18. The summed E-state index contributed by atoms with van der Waals surface area (Å²) in [5.74, 6) is 0.287. The molecule has 2 aromatic rings. The first kappa shape index (κ1) is 13.0. The molecule has 0 spiro atoms. The number of rotatable bonds is 3. The van der Waals surface area contributed by atoms with E-state index in [4.69, 9.17) is 5.26 Å². The van der Waals surface area contributed by atoms with Crippen LogP contribution in [0.15, 0.2) is 28.9 Å². The summed E-state index contributed by atoms with van der Waals surface area (Å²) in [6.45, 7) is 0. The Balaban J connectivity index is 2.44. The van der Waals surface area contributed by atoms with E-state index in [2.05, 4.69) is 26.3 Å². The number of hydrogen-bond donors (Lipinski definition) is 1. The van der Waals surface area contributed by atoms with Crippen LogP contribution in [0.1, 0.15) is 5.56 Å². The van der Waals surface area contributed by atoms with Crippen molar-refractivity contribution in [2.45, 2.75) is 0 Å². The van der Waals surface area contributed by atoms with Crippen LogP contribution in [0.5, 0.6) is 0 Å². The van der Waals surface area contributed by atoms with Crippen LogP contribution in [0.4, 0.5) is 17.2 Å². The maximum atomic E-state index is 11.0. The van der Waals surface area contributed by atoms with Crippen molar-refractivity contribution in [3.8, 4) is 6.07 Å². The first-order chi connectivity index (χ1) is 9.01. The Morgan fingerprint density at radius 2 is 2.32 bits per heavy atom. The quantitative estimate of drug-likeness (QED) is 0.692. The van der Waals surface area contributed by atoms with E-state index < -0.39 is 4.92 Å². The number of anilines is 2. The number of hydrogen-bond acceptors (Lipinski definition) is 5. The van der Waals surface area contributed by atoms with Crippen LogP contribution < -0.4 is 5.32 Å². The van der Waals surface area contributed by atoms with Crippen LogP contribution in [-0.4, -0.2) is 14.7 Å². The first-order valence-electron chi connectivity index (χ1n) is 5.16. The van der Waals surface area contributed by atoms with Crippen LogP contribution in [0.2, 0.25) is 0 Å². The molecule has 19 heavy (non-hydrogen) atoms. The lowest BCUT2D eigenvalue weighted by Crippen LogP contribution is -1.99. The van der Waals surface area contributed by atoms with E-state index in [9.17, 15) is 10.1 Å². The smallest absolute Gasteiger partial charge is 0.293 e. The Morgan fingerprint density at radius 1 is 1.58 bits per heavy atom. The number of benzene rings is 1. The standard InChI is InChI=1S/C11H8BrN5O2/c1-16-6-7(5-13)11(15-16)14-9-3-2-8(12)4-10(9)17(18)19/h2-4,6H,1H3,(H,14,15). The average Bonchev–Trinajstić information content (AvgIpc) is 2.71. The molecule has 0 radical (unpaired) electrons. The summed E-state index contributed by atoms with van der Waals surface area (Å²) in [5.41, 5.74) is 0.507. The fourth-order valence-electron chi connectivity index (χ4n) is 1.55. The average molecular weight is 322 g/mol. The predicted octanol–water partition coefficient (Wildman–Crippen LogP) is 2.71. The van der Waals surface area contributed by atoms with Gasteiger partial charge in [0, 0.05) is 23.8 Å². The molecule has 1 aromatic heterocycles. The van der Waals surface area contributed by atoms with Gasteiger partial charge in [-0.3, -0.25) is 14.8 Å². The molecule has 0 atom stereocenters. The van der Waals surface area contributed by atoms with Crippen LogP contribution in [0, 0.1) is 21.4 Å². The molecule has 0 fully saturated rings. The number of aromatic nitrogens is 2. The monoisotopic (exact) mass is 321 g/mol. The third-order valence-corrected chi connectivity index (χ3v) is 2.85. The molecule has 1 aromatic carbocycles. The molecule has 0 saturated carbocycles. The summed E-state index contributed by atoms with van der Waals surface area (Å²) in [6.07, 6.45) is 1.53. The van der Waals surface area contributed by atoms with Crippen molar-refractivity contribution in [1.29, 1.82) is 5.26 Å². The molecule has 0 aliphatic rings. The first-order valence-corrected chi connectivity index (χ1v) is 5.95. The minimum Gasteiger partial charge on any atom is -0.332 e. The Kier molecular flexibility index (Phi) is 3.48. The van der Waals surface area contributed by atoms with Gasteiger partial charge in [0.15, 0.2) is 5.82 Å². The summed E-state index contributed by atoms with van der Waals surface area (Å²) < 4.78 is 2.07. The minimum atomic E-state index is -0.498. The molecule has 8 heteroatoms. The van der Waals surface area contributed by atoms with Gasteiger partial charge in [0.2, 0.25) is 0 Å². The van der Waals surface area contributed by atoms with Gasteiger partial charge in [-0.15, -0.1) is 0 Å². The number of aryl methyl sites for hydroxylation is 1. The van der Waals surface area contributed by atoms with Crippen molar-refractivity contribution in [3.05, 3.63) is 44.5 Å². The summed E-state index contributed by atoms with van der Waals surface area (Å²) in [4.78, 5) is 10.5. The van der Waals surface area contributed by atoms with Crippen LogP contribution >= 0.6 is 15.9 Å². The Bertz CT molecular complexity index is 689. The third kappa shape index (κ3) is 2.71. The normalized spacial score (nSPS) is 9.95. The van der Waals surface area contributed by atoms with E-state index in [0.29, 0.717) is 10.0 Å². The van der Waals surface area contributed by atoms with Gasteiger partial charge >= 0.3 is 0 Å². The second kappa shape index (κ2) is 5.07. The summed E-state index contributed by atoms with van der Waals surface area (Å²) in [5, 5.41) is 26.8. The molecule has 0 amide bonds. The van der Waals surface area contributed by atoms with E-state index >= 15 is 0 Å². The fourth-order valence-corrected chi connectivity index (χ4v) is 1.90. The van der Waals surface area contributed by atoms with E-state index in [1.54, 1.807) is 19.2 Å². The topological polar surface area (TPSA) is 96.8 Å². The van der Waals surface area contributed by atoms with E-state index in [-0.39, 0.29) is 17.2 Å². The highest BCUT2D eigenvalue weighted by Crippen LogP contribution is 2.30. The lowest BCUT2D eigenvalue weighted by molar-refractivity contribution is -0.384. The summed E-state index contributed by atoms with van der Waals surface area (Å²) in [6, 6.07) is 6.58. The molecule has 0 saturated heterocycles. The maximum Gasteiger partial charge on any atom is 0.293 e. The number of nitro groups is 1. The number of nitrogens with one attached hydrogen (secondary N) is 1. The van der Waals surface area contributed by atoms with Crippen molar-refractivity contribution in [1.82, 2.24) is 9.78 Å². The SMILES string of the molecule is Cn1cc(C#N)c(Nc2ccc(Br)cc2[N+](=O)[O-])n1. The summed E-state index contributed by atoms with van der Waals surface area (Å²) in [7, 11) is 1.67. The Morgan fingerprint density at radius 3 is 2.95 bits per heavy atom. The number of nitro benzene ring substituents is 1. The Hall–Kier alpha value is -2.40. The molecule has 96 valence electrons. The molecule has 2 rings (SSSR count). The van der Waals surface area contributed by atoms with Gasteiger partial charge in [-0.05, 0) is 12.1 Å². The van der Waals surface area contributed by atoms with Crippen molar-refractivity contribution in [3.63, 3.8) is 0 Å². The molecule has 0 unspecified atom stereocenters. The molecule has 1 N–H and O–H groups in total. The van der Waals surface area contributed by atoms with Crippen molar-refractivity contribution in [2.24, 2.45) is 7.05 Å². The molecule has 1 heterocycles. The highest BCUT2D eigenvalue weighted by Gasteiger charge is 2.16. The van der Waals surface area contributed by atoms with Crippen LogP contribution in [-0.2, 0) is 7.05 Å². The van der Waals surface area contributed by atoms with Gasteiger partial charge in [-0.1, -0.05) is 15.9 Å². The maximum absolute atomic E-state index is 11.0. The highest BCUT2D eigenvalue weighted by molar-refractivity contribution is 9.10. The third-order valence-electron chi connectivity index (χ3n) is 2.36. The number of halogens is 1. The highest BCUT2D eigenvalue weighted by atomic mass is 79.9. The van der Waals surface area contributed by atoms with Gasteiger partial charge in [-0.25, -0.2) is 0 Å². The van der Waals surface area contributed by atoms with E-state index in [1.165, 1.54) is 16.9 Å². The molecule has 0 bridgehead atoms. The van der Waals surface area contributed by atoms with Crippen molar-refractivity contribution >= 4 is 33.1 Å². The van der Waals surface area contributed by atoms with Crippen LogP contribution in [0.3, 0.4) is 0 Å². The Labute approximate surface area is 116 Å². The van der Waals surface area contributed by atoms with E-state index in [1.807, 2.05) is 6.07 Å². The molecular formula is C11H8BrN5O2. The number of nitrogens with zero attached hydrogens (tertiary/aromatic N) is 4. The molecule has 0 aliphatic heterocycles. The van der Waals surface area contributed by atoms with E-state index in [0.717, 1.165) is 0 Å². The molecular weight excluding hydrogens is 314 g/mol. The minimum absolute atomic E-state index is 0.0936. The number of nitriles is 1. The second-order valence-electron chi connectivity index (χ2n) is 3.72. The molecule has 0 aliphatic carbocycles. The van der Waals surface area contributed by atoms with Gasteiger partial charge in [0.1, 0.15) is 17.3 Å². The zero-order chi connectivity index (χ0) is 14.0. The van der Waals surface area contributed by atoms with Gasteiger partial charge < -0.3 is 5.32 Å². The lowest BCUT2D eigenvalue weighted by atomic mass is 10.2. The predicted molar refractivity (Wildman–Crippen MR) is 72.0 cm³/mol. The largest absolute Gasteiger partial charge is 0.332 e.